The molecule has 1 atom stereocenters. The van der Waals surface area contributed by atoms with Crippen molar-refractivity contribution in [1.82, 2.24) is 25.9 Å². The maximum Gasteiger partial charge on any atom is 0.361 e. The number of carbonyl (C=O) groups is 1. The van der Waals surface area contributed by atoms with E-state index in [1.165, 1.54) is 12.0 Å². The highest BCUT2D eigenvalue weighted by Gasteiger charge is 2.14. The monoisotopic (exact) mass is 378 g/mol. The lowest BCUT2D eigenvalue weighted by Gasteiger charge is -2.09. The SMILES string of the molecule is O=C(Cc1ccc(CC2CCNC2)cc1)Nc1ccc(Oc2nn[nH]n2)cc1. The van der Waals surface area contributed by atoms with Gasteiger partial charge in [-0.15, -0.1) is 0 Å². The summed E-state index contributed by atoms with van der Waals surface area (Å²) in [5.41, 5.74) is 3.04. The fraction of sp³-hybridized carbons (Fsp3) is 0.300. The summed E-state index contributed by atoms with van der Waals surface area (Å²) in [7, 11) is 0. The Morgan fingerprint density at radius 2 is 1.89 bits per heavy atom. The van der Waals surface area contributed by atoms with E-state index in [1.807, 2.05) is 12.1 Å². The van der Waals surface area contributed by atoms with Crippen LogP contribution in [-0.2, 0) is 17.6 Å². The Morgan fingerprint density at radius 1 is 1.11 bits per heavy atom. The number of nitrogens with one attached hydrogen (secondary N) is 3. The van der Waals surface area contributed by atoms with Gasteiger partial charge in [0, 0.05) is 5.69 Å². The third-order valence-electron chi connectivity index (χ3n) is 4.75. The van der Waals surface area contributed by atoms with Crippen LogP contribution in [0.2, 0.25) is 0 Å². The number of anilines is 1. The number of carbonyl (C=O) groups excluding carboxylic acids is 1. The molecule has 4 rings (SSSR count). The number of hydrogen-bond acceptors (Lipinski definition) is 6. The van der Waals surface area contributed by atoms with Gasteiger partial charge < -0.3 is 15.4 Å². The zero-order valence-corrected chi connectivity index (χ0v) is 15.4. The van der Waals surface area contributed by atoms with Crippen LogP contribution in [0.5, 0.6) is 11.8 Å². The topological polar surface area (TPSA) is 105 Å². The zero-order chi connectivity index (χ0) is 19.2. The van der Waals surface area contributed by atoms with Crippen LogP contribution < -0.4 is 15.4 Å². The first-order valence-corrected chi connectivity index (χ1v) is 9.34. The van der Waals surface area contributed by atoms with Gasteiger partial charge in [-0.25, -0.2) is 0 Å². The van der Waals surface area contributed by atoms with Crippen molar-refractivity contribution < 1.29 is 9.53 Å². The molecule has 1 saturated heterocycles. The normalized spacial score (nSPS) is 16.1. The van der Waals surface area contributed by atoms with E-state index in [0.717, 1.165) is 31.0 Å². The molecule has 2 aromatic carbocycles. The Bertz CT molecular complexity index is 887. The first-order valence-electron chi connectivity index (χ1n) is 9.34. The summed E-state index contributed by atoms with van der Waals surface area (Å²) >= 11 is 0. The first-order chi connectivity index (χ1) is 13.7. The van der Waals surface area contributed by atoms with E-state index in [4.69, 9.17) is 4.74 Å². The summed E-state index contributed by atoms with van der Waals surface area (Å²) < 4.78 is 5.40. The molecule has 1 aromatic heterocycles. The molecule has 3 aromatic rings. The van der Waals surface area contributed by atoms with Crippen LogP contribution in [0.25, 0.3) is 0 Å². The molecule has 1 amide bonds. The third kappa shape index (κ3) is 4.92. The second kappa shape index (κ2) is 8.62. The number of rotatable bonds is 7. The van der Waals surface area contributed by atoms with Gasteiger partial charge in [0.05, 0.1) is 6.42 Å². The molecule has 1 aliphatic heterocycles. The lowest BCUT2D eigenvalue weighted by atomic mass is 9.97. The zero-order valence-electron chi connectivity index (χ0n) is 15.4. The van der Waals surface area contributed by atoms with Crippen LogP contribution in [0.15, 0.2) is 48.5 Å². The van der Waals surface area contributed by atoms with Crippen molar-refractivity contribution in [3.8, 4) is 11.8 Å². The van der Waals surface area contributed by atoms with Gasteiger partial charge in [-0.1, -0.05) is 34.5 Å². The van der Waals surface area contributed by atoms with E-state index in [-0.39, 0.29) is 11.9 Å². The third-order valence-corrected chi connectivity index (χ3v) is 4.75. The fourth-order valence-electron chi connectivity index (χ4n) is 3.31. The number of benzene rings is 2. The molecule has 0 spiro atoms. The molecule has 0 radical (unpaired) electrons. The Balaban J connectivity index is 1.27. The molecule has 1 fully saturated rings. The second-order valence-corrected chi connectivity index (χ2v) is 6.93. The van der Waals surface area contributed by atoms with Gasteiger partial charge in [0.25, 0.3) is 0 Å². The molecule has 2 heterocycles. The number of hydrogen-bond donors (Lipinski definition) is 3. The Hall–Kier alpha value is -3.26. The van der Waals surface area contributed by atoms with E-state index in [1.54, 1.807) is 24.3 Å². The summed E-state index contributed by atoms with van der Waals surface area (Å²) in [6.45, 7) is 2.22. The van der Waals surface area contributed by atoms with Crippen molar-refractivity contribution >= 4 is 11.6 Å². The number of nitrogens with zero attached hydrogens (tertiary/aromatic N) is 3. The number of aromatic nitrogens is 4. The van der Waals surface area contributed by atoms with Crippen molar-refractivity contribution in [2.45, 2.75) is 19.3 Å². The lowest BCUT2D eigenvalue weighted by molar-refractivity contribution is -0.115. The minimum absolute atomic E-state index is 0.0559. The Kier molecular flexibility index (Phi) is 5.58. The van der Waals surface area contributed by atoms with Gasteiger partial charge in [0.1, 0.15) is 5.75 Å². The summed E-state index contributed by atoms with van der Waals surface area (Å²) in [6, 6.07) is 15.5. The average Bonchev–Trinajstić information content (AvgIpc) is 3.39. The highest BCUT2D eigenvalue weighted by atomic mass is 16.5. The predicted octanol–water partition coefficient (Wildman–Crippen LogP) is 2.33. The van der Waals surface area contributed by atoms with E-state index in [2.05, 4.69) is 43.4 Å². The van der Waals surface area contributed by atoms with Crippen LogP contribution in [-0.4, -0.2) is 39.6 Å². The molecule has 0 saturated carbocycles. The molecule has 8 nitrogen and oxygen atoms in total. The highest BCUT2D eigenvalue weighted by Crippen LogP contribution is 2.20. The van der Waals surface area contributed by atoms with Crippen molar-refractivity contribution in [1.29, 1.82) is 0 Å². The molecular formula is C20H22N6O2. The standard InChI is InChI=1S/C20H22N6O2/c27-19(12-15-3-1-14(2-4-15)11-16-9-10-21-13-16)22-17-5-7-18(8-6-17)28-20-23-25-26-24-20/h1-8,16,21H,9-13H2,(H,22,27)(H,23,24,25,26). The molecule has 144 valence electrons. The summed E-state index contributed by atoms with van der Waals surface area (Å²) in [5.74, 6) is 1.23. The van der Waals surface area contributed by atoms with Crippen molar-refractivity contribution in [3.05, 3.63) is 59.7 Å². The number of tetrazole rings is 1. The van der Waals surface area contributed by atoms with Gasteiger partial charge in [-0.05, 0) is 72.5 Å². The maximum atomic E-state index is 12.3. The van der Waals surface area contributed by atoms with Crippen LogP contribution in [0.4, 0.5) is 5.69 Å². The van der Waals surface area contributed by atoms with E-state index < -0.39 is 0 Å². The van der Waals surface area contributed by atoms with Crippen LogP contribution >= 0.6 is 0 Å². The second-order valence-electron chi connectivity index (χ2n) is 6.93. The van der Waals surface area contributed by atoms with Crippen molar-refractivity contribution in [3.63, 3.8) is 0 Å². The average molecular weight is 378 g/mol. The number of amides is 1. The molecule has 3 N–H and O–H groups in total. The van der Waals surface area contributed by atoms with Crippen LogP contribution in [0.3, 0.4) is 0 Å². The molecule has 8 heteroatoms. The Morgan fingerprint density at radius 3 is 2.57 bits per heavy atom. The van der Waals surface area contributed by atoms with Gasteiger partial charge in [-0.2, -0.15) is 5.21 Å². The number of aromatic amines is 1. The Labute approximate surface area is 162 Å². The maximum absolute atomic E-state index is 12.3. The largest absolute Gasteiger partial charge is 0.422 e. The van der Waals surface area contributed by atoms with Crippen molar-refractivity contribution in [2.24, 2.45) is 5.92 Å². The molecule has 0 bridgehead atoms. The van der Waals surface area contributed by atoms with E-state index >= 15 is 0 Å². The van der Waals surface area contributed by atoms with Gasteiger partial charge in [0.2, 0.25) is 5.91 Å². The molecule has 0 aliphatic carbocycles. The van der Waals surface area contributed by atoms with E-state index in [0.29, 0.717) is 17.9 Å². The van der Waals surface area contributed by atoms with Crippen molar-refractivity contribution in [2.75, 3.05) is 18.4 Å². The number of H-pyrrole nitrogens is 1. The quantitative estimate of drug-likeness (QED) is 0.583. The summed E-state index contributed by atoms with van der Waals surface area (Å²) in [6.07, 6.45) is 2.67. The molecule has 1 aliphatic rings. The molecule has 1 unspecified atom stereocenters. The van der Waals surface area contributed by atoms with Gasteiger partial charge in [0.15, 0.2) is 0 Å². The van der Waals surface area contributed by atoms with Crippen LogP contribution in [0.1, 0.15) is 17.5 Å². The first kappa shape index (κ1) is 18.1. The van der Waals surface area contributed by atoms with E-state index in [9.17, 15) is 4.79 Å². The van der Waals surface area contributed by atoms with Crippen LogP contribution in [0, 0.1) is 5.92 Å². The smallest absolute Gasteiger partial charge is 0.361 e. The minimum atomic E-state index is -0.0559. The molecule has 28 heavy (non-hydrogen) atoms. The molecular weight excluding hydrogens is 356 g/mol. The highest BCUT2D eigenvalue weighted by molar-refractivity contribution is 5.92. The predicted molar refractivity (Wildman–Crippen MR) is 104 cm³/mol. The summed E-state index contributed by atoms with van der Waals surface area (Å²) in [5, 5.41) is 19.5. The number of ether oxygens (including phenoxy) is 1. The summed E-state index contributed by atoms with van der Waals surface area (Å²) in [4.78, 5) is 12.3. The fourth-order valence-corrected chi connectivity index (χ4v) is 3.31. The van der Waals surface area contributed by atoms with Gasteiger partial charge in [-0.3, -0.25) is 4.79 Å². The van der Waals surface area contributed by atoms with Gasteiger partial charge >= 0.3 is 6.01 Å². The minimum Gasteiger partial charge on any atom is -0.422 e. The lowest BCUT2D eigenvalue weighted by Crippen LogP contribution is -2.14.